The number of hydrogen-bond acceptors (Lipinski definition) is 4. The molecule has 2 fully saturated rings. The van der Waals surface area contributed by atoms with Crippen molar-refractivity contribution in [2.24, 2.45) is 5.73 Å². The maximum absolute atomic E-state index is 5.86. The molecule has 1 aliphatic heterocycles. The summed E-state index contributed by atoms with van der Waals surface area (Å²) in [5.41, 5.74) is 8.16. The van der Waals surface area contributed by atoms with E-state index in [1.54, 1.807) is 0 Å². The number of rotatable bonds is 3. The highest BCUT2D eigenvalue weighted by Crippen LogP contribution is 2.37. The van der Waals surface area contributed by atoms with Gasteiger partial charge in [-0.05, 0) is 31.4 Å². The number of morpholine rings is 1. The minimum absolute atomic E-state index is 0.0783. The van der Waals surface area contributed by atoms with Crippen molar-refractivity contribution < 1.29 is 4.74 Å². The highest BCUT2D eigenvalue weighted by Gasteiger charge is 2.41. The van der Waals surface area contributed by atoms with Crippen LogP contribution in [0.4, 0.5) is 0 Å². The van der Waals surface area contributed by atoms with Crippen LogP contribution in [0, 0.1) is 6.92 Å². The van der Waals surface area contributed by atoms with Gasteiger partial charge in [-0.15, -0.1) is 0 Å². The number of hydrogen-bond donors (Lipinski definition) is 1. The number of aryl methyl sites for hydroxylation is 1. The highest BCUT2D eigenvalue weighted by molar-refractivity contribution is 5.18. The van der Waals surface area contributed by atoms with E-state index in [2.05, 4.69) is 28.9 Å². The predicted molar refractivity (Wildman–Crippen MR) is 70.2 cm³/mol. The van der Waals surface area contributed by atoms with Gasteiger partial charge in [-0.2, -0.15) is 0 Å². The van der Waals surface area contributed by atoms with E-state index < -0.39 is 0 Å². The molecule has 2 unspecified atom stereocenters. The number of ether oxygens (including phenoxy) is 1. The molecule has 1 aromatic rings. The molecule has 4 heteroatoms. The monoisotopic (exact) mass is 247 g/mol. The van der Waals surface area contributed by atoms with E-state index in [0.29, 0.717) is 6.54 Å². The molecule has 98 valence electrons. The predicted octanol–water partition coefficient (Wildman–Crippen LogP) is 1.25. The largest absolute Gasteiger partial charge is 0.374 e. The topological polar surface area (TPSA) is 51.4 Å². The van der Waals surface area contributed by atoms with Crippen LogP contribution in [0.15, 0.2) is 18.3 Å². The summed E-state index contributed by atoms with van der Waals surface area (Å²) in [6, 6.07) is 5.19. The Balaban J connectivity index is 1.89. The Morgan fingerprint density at radius 2 is 2.28 bits per heavy atom. The van der Waals surface area contributed by atoms with Crippen molar-refractivity contribution in [2.45, 2.75) is 38.0 Å². The van der Waals surface area contributed by atoms with Gasteiger partial charge in [0.15, 0.2) is 0 Å². The van der Waals surface area contributed by atoms with Crippen LogP contribution in [0.25, 0.3) is 0 Å². The fraction of sp³-hybridized carbons (Fsp3) is 0.643. The van der Waals surface area contributed by atoms with E-state index >= 15 is 0 Å². The molecule has 1 saturated heterocycles. The fourth-order valence-corrected chi connectivity index (χ4v) is 2.78. The zero-order valence-corrected chi connectivity index (χ0v) is 10.9. The number of pyridine rings is 1. The average Bonchev–Trinajstić information content (AvgIpc) is 3.23. The molecule has 18 heavy (non-hydrogen) atoms. The molecule has 1 saturated carbocycles. The number of aromatic nitrogens is 1. The van der Waals surface area contributed by atoms with E-state index in [4.69, 9.17) is 10.5 Å². The lowest BCUT2D eigenvalue weighted by Crippen LogP contribution is -2.49. The van der Waals surface area contributed by atoms with Gasteiger partial charge in [0.25, 0.3) is 0 Å². The smallest absolute Gasteiger partial charge is 0.0909 e. The third-order valence-corrected chi connectivity index (χ3v) is 3.88. The second kappa shape index (κ2) is 4.96. The molecule has 0 spiro atoms. The molecular weight excluding hydrogens is 226 g/mol. The number of nitrogens with two attached hydrogens (primary N) is 1. The summed E-state index contributed by atoms with van der Waals surface area (Å²) >= 11 is 0. The highest BCUT2D eigenvalue weighted by atomic mass is 16.5. The molecule has 0 bridgehead atoms. The Morgan fingerprint density at radius 3 is 2.89 bits per heavy atom. The first-order valence-electron chi connectivity index (χ1n) is 6.79. The van der Waals surface area contributed by atoms with Gasteiger partial charge >= 0.3 is 0 Å². The Labute approximate surface area is 108 Å². The average molecular weight is 247 g/mol. The van der Waals surface area contributed by atoms with Crippen molar-refractivity contribution >= 4 is 0 Å². The molecule has 4 nitrogen and oxygen atoms in total. The van der Waals surface area contributed by atoms with Gasteiger partial charge < -0.3 is 10.5 Å². The van der Waals surface area contributed by atoms with Crippen molar-refractivity contribution in [1.82, 2.24) is 9.88 Å². The molecule has 0 radical (unpaired) electrons. The zero-order valence-electron chi connectivity index (χ0n) is 10.9. The first-order valence-corrected chi connectivity index (χ1v) is 6.79. The van der Waals surface area contributed by atoms with Crippen molar-refractivity contribution in [3.8, 4) is 0 Å². The van der Waals surface area contributed by atoms with Crippen molar-refractivity contribution in [3.05, 3.63) is 29.6 Å². The van der Waals surface area contributed by atoms with Crippen LogP contribution in [0.3, 0.4) is 0 Å². The van der Waals surface area contributed by atoms with Crippen LogP contribution in [0.2, 0.25) is 0 Å². The van der Waals surface area contributed by atoms with Gasteiger partial charge in [0.2, 0.25) is 0 Å². The van der Waals surface area contributed by atoms with Crippen LogP contribution in [-0.4, -0.2) is 41.7 Å². The standard InChI is InChI=1S/C14H21N3O/c1-10-2-5-12(16-9-10)14-13(8-15)18-7-6-17(14)11-3-4-11/h2,5,9,11,13-14H,3-4,6-8,15H2,1H3. The summed E-state index contributed by atoms with van der Waals surface area (Å²) in [4.78, 5) is 7.12. The van der Waals surface area contributed by atoms with E-state index in [0.717, 1.165) is 24.9 Å². The van der Waals surface area contributed by atoms with Crippen molar-refractivity contribution in [2.75, 3.05) is 19.7 Å². The van der Waals surface area contributed by atoms with Gasteiger partial charge in [-0.25, -0.2) is 0 Å². The molecule has 2 heterocycles. The summed E-state index contributed by atoms with van der Waals surface area (Å²) < 4.78 is 5.83. The summed E-state index contributed by atoms with van der Waals surface area (Å²) in [5, 5.41) is 0. The molecule has 0 aromatic carbocycles. The minimum Gasteiger partial charge on any atom is -0.374 e. The quantitative estimate of drug-likeness (QED) is 0.873. The van der Waals surface area contributed by atoms with E-state index in [-0.39, 0.29) is 12.1 Å². The normalized spacial score (nSPS) is 29.4. The third kappa shape index (κ3) is 2.28. The van der Waals surface area contributed by atoms with E-state index in [9.17, 15) is 0 Å². The molecule has 0 amide bonds. The van der Waals surface area contributed by atoms with E-state index in [1.807, 2.05) is 6.20 Å². The molecule has 1 aliphatic carbocycles. The van der Waals surface area contributed by atoms with Crippen molar-refractivity contribution in [1.29, 1.82) is 0 Å². The van der Waals surface area contributed by atoms with Crippen molar-refractivity contribution in [3.63, 3.8) is 0 Å². The van der Waals surface area contributed by atoms with Gasteiger partial charge in [-0.3, -0.25) is 9.88 Å². The lowest BCUT2D eigenvalue weighted by atomic mass is 10.0. The van der Waals surface area contributed by atoms with Gasteiger partial charge in [-0.1, -0.05) is 6.07 Å². The molecule has 3 rings (SSSR count). The summed E-state index contributed by atoms with van der Waals surface area (Å²) in [6.07, 6.45) is 4.62. The molecular formula is C14H21N3O. The van der Waals surface area contributed by atoms with Gasteiger partial charge in [0, 0.05) is 25.3 Å². The minimum atomic E-state index is 0.0783. The lowest BCUT2D eigenvalue weighted by Gasteiger charge is -2.40. The summed E-state index contributed by atoms with van der Waals surface area (Å²) in [6.45, 7) is 4.42. The molecule has 2 aliphatic rings. The van der Waals surface area contributed by atoms with Crippen LogP contribution < -0.4 is 5.73 Å². The zero-order chi connectivity index (χ0) is 12.5. The first-order chi connectivity index (χ1) is 8.79. The Hall–Kier alpha value is -0.970. The second-order valence-corrected chi connectivity index (χ2v) is 5.32. The van der Waals surface area contributed by atoms with Gasteiger partial charge in [0.1, 0.15) is 0 Å². The SMILES string of the molecule is Cc1ccc(C2C(CN)OCCN2C2CC2)nc1. The summed E-state index contributed by atoms with van der Waals surface area (Å²) in [7, 11) is 0. The second-order valence-electron chi connectivity index (χ2n) is 5.32. The Kier molecular flexibility index (Phi) is 3.33. The van der Waals surface area contributed by atoms with Crippen LogP contribution in [0.1, 0.15) is 30.1 Å². The maximum atomic E-state index is 5.86. The van der Waals surface area contributed by atoms with Crippen LogP contribution in [-0.2, 0) is 4.74 Å². The molecule has 2 atom stereocenters. The lowest BCUT2D eigenvalue weighted by molar-refractivity contribution is -0.0726. The van der Waals surface area contributed by atoms with Gasteiger partial charge in [0.05, 0.1) is 24.4 Å². The Bertz CT molecular complexity index is 402. The maximum Gasteiger partial charge on any atom is 0.0909 e. The fourth-order valence-electron chi connectivity index (χ4n) is 2.78. The molecule has 2 N–H and O–H groups in total. The van der Waals surface area contributed by atoms with E-state index in [1.165, 1.54) is 18.4 Å². The Morgan fingerprint density at radius 1 is 1.44 bits per heavy atom. The molecule has 1 aromatic heterocycles. The first kappa shape index (κ1) is 12.1. The summed E-state index contributed by atoms with van der Waals surface area (Å²) in [5.74, 6) is 0. The van der Waals surface area contributed by atoms with Crippen LogP contribution >= 0.6 is 0 Å². The number of nitrogens with zero attached hydrogens (tertiary/aromatic N) is 2. The van der Waals surface area contributed by atoms with Crippen LogP contribution in [0.5, 0.6) is 0 Å². The third-order valence-electron chi connectivity index (χ3n) is 3.88.